The Morgan fingerprint density at radius 3 is 2.69 bits per heavy atom. The molecule has 0 saturated heterocycles. The molecule has 8 heteroatoms. The zero-order valence-electron chi connectivity index (χ0n) is 20.4. The minimum absolute atomic E-state index is 0.0869. The van der Waals surface area contributed by atoms with Crippen LogP contribution in [0.1, 0.15) is 43.9 Å². The van der Waals surface area contributed by atoms with Gasteiger partial charge in [-0.05, 0) is 62.8 Å². The lowest BCUT2D eigenvalue weighted by atomic mass is 9.97. The lowest BCUT2D eigenvalue weighted by Gasteiger charge is -2.35. The van der Waals surface area contributed by atoms with Crippen molar-refractivity contribution in [1.82, 2.24) is 19.3 Å². The molecule has 36 heavy (non-hydrogen) atoms. The number of benzene rings is 2. The number of hydrogen-bond acceptors (Lipinski definition) is 5. The van der Waals surface area contributed by atoms with Gasteiger partial charge in [0.15, 0.2) is 11.0 Å². The number of aromatic nitrogens is 4. The summed E-state index contributed by atoms with van der Waals surface area (Å²) >= 11 is 1.46. The molecular formula is C28H29N5O2S. The van der Waals surface area contributed by atoms with Crippen LogP contribution in [0.5, 0.6) is 0 Å². The van der Waals surface area contributed by atoms with E-state index in [-0.39, 0.29) is 17.5 Å². The third-order valence-corrected chi connectivity index (χ3v) is 8.25. The van der Waals surface area contributed by atoms with Crippen molar-refractivity contribution in [3.8, 4) is 17.1 Å². The Bertz CT molecular complexity index is 1440. The van der Waals surface area contributed by atoms with Crippen molar-refractivity contribution in [1.29, 1.82) is 0 Å². The number of amides is 1. The van der Waals surface area contributed by atoms with Crippen LogP contribution in [0.4, 0.5) is 5.69 Å². The normalized spacial score (nSPS) is 17.5. The van der Waals surface area contributed by atoms with Crippen molar-refractivity contribution in [2.24, 2.45) is 0 Å². The van der Waals surface area contributed by atoms with Crippen molar-refractivity contribution < 1.29 is 4.79 Å². The van der Waals surface area contributed by atoms with Crippen LogP contribution in [-0.4, -0.2) is 37.0 Å². The molecule has 4 aliphatic rings. The average molecular weight is 500 g/mol. The molecule has 0 saturated carbocycles. The van der Waals surface area contributed by atoms with E-state index < -0.39 is 0 Å². The highest BCUT2D eigenvalue weighted by atomic mass is 32.2. The Balaban J connectivity index is 1.36. The molecule has 4 heterocycles. The first-order valence-electron chi connectivity index (χ1n) is 12.7. The molecule has 0 aromatic heterocycles. The van der Waals surface area contributed by atoms with Gasteiger partial charge in [-0.1, -0.05) is 54.6 Å². The molecule has 6 rings (SSSR count). The number of hydrogen-bond donors (Lipinski definition) is 0. The second-order valence-corrected chi connectivity index (χ2v) is 10.6. The van der Waals surface area contributed by atoms with Crippen molar-refractivity contribution in [3.05, 3.63) is 76.2 Å². The predicted molar refractivity (Wildman–Crippen MR) is 142 cm³/mol. The first-order chi connectivity index (χ1) is 17.6. The van der Waals surface area contributed by atoms with Gasteiger partial charge in [-0.15, -0.1) is 5.10 Å². The van der Waals surface area contributed by atoms with Gasteiger partial charge in [0.2, 0.25) is 5.91 Å². The molecule has 0 radical (unpaired) electrons. The Kier molecular flexibility index (Phi) is 6.13. The van der Waals surface area contributed by atoms with Gasteiger partial charge in [0.05, 0.1) is 11.4 Å². The topological polar surface area (TPSA) is 73.0 Å². The van der Waals surface area contributed by atoms with Crippen LogP contribution >= 0.6 is 11.8 Å². The Morgan fingerprint density at radius 2 is 1.83 bits per heavy atom. The number of anilines is 1. The van der Waals surface area contributed by atoms with Crippen molar-refractivity contribution in [3.63, 3.8) is 0 Å². The van der Waals surface area contributed by atoms with E-state index in [1.54, 1.807) is 0 Å². The maximum atomic E-state index is 13.5. The summed E-state index contributed by atoms with van der Waals surface area (Å²) in [6, 6.07) is 17.8. The van der Waals surface area contributed by atoms with Crippen LogP contribution in [0.2, 0.25) is 0 Å². The average Bonchev–Trinajstić information content (AvgIpc) is 3.06. The summed E-state index contributed by atoms with van der Waals surface area (Å²) in [6.07, 6.45) is 5.94. The van der Waals surface area contributed by atoms with Crippen molar-refractivity contribution in [2.75, 3.05) is 10.7 Å². The number of carbonyl (C=O) groups excluding carboxylic acids is 1. The van der Waals surface area contributed by atoms with Crippen LogP contribution in [0.25, 0.3) is 17.1 Å². The first-order valence-corrected chi connectivity index (χ1v) is 13.7. The molecule has 2 aromatic rings. The van der Waals surface area contributed by atoms with Gasteiger partial charge in [-0.2, -0.15) is 4.68 Å². The first kappa shape index (κ1) is 23.0. The highest BCUT2D eigenvalue weighted by Gasteiger charge is 2.30. The summed E-state index contributed by atoms with van der Waals surface area (Å²) in [5, 5.41) is 5.38. The Hall–Kier alpha value is -3.39. The van der Waals surface area contributed by atoms with Crippen molar-refractivity contribution >= 4 is 23.4 Å². The molecule has 0 aliphatic carbocycles. The van der Waals surface area contributed by atoms with Gasteiger partial charge in [0, 0.05) is 24.0 Å². The predicted octanol–water partition coefficient (Wildman–Crippen LogP) is 4.72. The highest BCUT2D eigenvalue weighted by Crippen LogP contribution is 2.33. The lowest BCUT2D eigenvalue weighted by molar-refractivity contribution is -0.116. The fourth-order valence-electron chi connectivity index (χ4n) is 5.47. The monoisotopic (exact) mass is 499 g/mol. The third-order valence-electron chi connectivity index (χ3n) is 7.28. The van der Waals surface area contributed by atoms with Crippen LogP contribution in [0.3, 0.4) is 0 Å². The molecule has 4 aliphatic heterocycles. The number of fused-ring (bicyclic) bond motifs is 4. The third kappa shape index (κ3) is 4.03. The molecule has 184 valence electrons. The summed E-state index contributed by atoms with van der Waals surface area (Å²) in [4.78, 5) is 33.7. The quantitative estimate of drug-likeness (QED) is 0.300. The summed E-state index contributed by atoms with van der Waals surface area (Å²) < 4.78 is 3.62. The van der Waals surface area contributed by atoms with Crippen LogP contribution < -0.4 is 10.5 Å². The summed E-state index contributed by atoms with van der Waals surface area (Å²) in [6.45, 7) is 2.92. The molecule has 0 fully saturated rings. The van der Waals surface area contributed by atoms with E-state index in [1.165, 1.54) is 22.0 Å². The maximum absolute atomic E-state index is 13.5. The van der Waals surface area contributed by atoms with Gasteiger partial charge >= 0.3 is 0 Å². The van der Waals surface area contributed by atoms with Crippen LogP contribution in [0, 0.1) is 0 Å². The number of para-hydroxylation sites is 2. The molecule has 1 atom stereocenters. The van der Waals surface area contributed by atoms with E-state index >= 15 is 0 Å². The number of carbonyl (C=O) groups is 1. The van der Waals surface area contributed by atoms with Gasteiger partial charge in [-0.3, -0.25) is 9.59 Å². The summed E-state index contributed by atoms with van der Waals surface area (Å²) in [5.41, 5.74) is 4.46. The second kappa shape index (κ2) is 9.58. The molecule has 0 N–H and O–H groups in total. The largest absolute Gasteiger partial charge is 0.324 e. The van der Waals surface area contributed by atoms with Gasteiger partial charge < -0.3 is 9.47 Å². The Labute approximate surface area is 214 Å². The Morgan fingerprint density at radius 1 is 1.03 bits per heavy atom. The standard InChI is InChI=1S/C28H29N5O2S/c1-19-15-16-20-10-7-8-13-22(20)32(19)24(34)18-36-28-29-26-25(23-14-6-3-9-17-31(23)28)27(35)33(30-26)21-11-4-2-5-12-21/h2,4-5,7-8,10-13,19H,3,6,9,14-18H2,1H3. The second-order valence-electron chi connectivity index (χ2n) is 9.62. The number of rotatable bonds is 4. The highest BCUT2D eigenvalue weighted by molar-refractivity contribution is 7.99. The molecule has 1 unspecified atom stereocenters. The van der Waals surface area contributed by atoms with E-state index in [0.29, 0.717) is 17.1 Å². The van der Waals surface area contributed by atoms with E-state index in [1.807, 2.05) is 53.4 Å². The van der Waals surface area contributed by atoms with Crippen molar-refractivity contribution in [2.45, 2.75) is 63.2 Å². The lowest BCUT2D eigenvalue weighted by Crippen LogP contribution is -2.43. The zero-order chi connectivity index (χ0) is 24.6. The molecule has 1 amide bonds. The van der Waals surface area contributed by atoms with E-state index in [2.05, 4.69) is 22.7 Å². The molecule has 0 spiro atoms. The molecule has 7 nitrogen and oxygen atoms in total. The van der Waals surface area contributed by atoms with E-state index in [0.717, 1.165) is 67.3 Å². The maximum Gasteiger partial charge on any atom is 0.284 e. The molecular weight excluding hydrogens is 470 g/mol. The molecule has 2 aromatic carbocycles. The minimum Gasteiger partial charge on any atom is -0.324 e. The minimum atomic E-state index is -0.124. The van der Waals surface area contributed by atoms with E-state index in [4.69, 9.17) is 4.98 Å². The smallest absolute Gasteiger partial charge is 0.284 e. The number of aryl methyl sites for hydroxylation is 1. The zero-order valence-corrected chi connectivity index (χ0v) is 21.2. The fraction of sp³-hybridized carbons (Fsp3) is 0.357. The van der Waals surface area contributed by atoms with Crippen LogP contribution in [-0.2, 0) is 24.2 Å². The number of thioether (sulfide) groups is 1. The van der Waals surface area contributed by atoms with Gasteiger partial charge in [0.1, 0.15) is 5.56 Å². The summed E-state index contributed by atoms with van der Waals surface area (Å²) in [5.74, 6) is 0.841. The van der Waals surface area contributed by atoms with Gasteiger partial charge in [0.25, 0.3) is 5.56 Å². The molecule has 0 bridgehead atoms. The fourth-order valence-corrected chi connectivity index (χ4v) is 6.37. The van der Waals surface area contributed by atoms with Gasteiger partial charge in [-0.25, -0.2) is 4.98 Å². The van der Waals surface area contributed by atoms with E-state index in [9.17, 15) is 9.59 Å². The summed E-state index contributed by atoms with van der Waals surface area (Å²) in [7, 11) is 0. The number of nitrogens with zero attached hydrogens (tertiary/aromatic N) is 5. The van der Waals surface area contributed by atoms with Crippen LogP contribution in [0.15, 0.2) is 64.5 Å². The SMILES string of the molecule is CC1CCc2ccccc2N1C(=O)CSc1nc2nn(-c3ccccc3)c(=O)c-2c2n1CCCCC2.